The van der Waals surface area contributed by atoms with E-state index in [1.165, 1.54) is 0 Å². The number of aromatic nitrogens is 1. The normalized spacial score (nSPS) is 14.6. The van der Waals surface area contributed by atoms with Gasteiger partial charge in [0.1, 0.15) is 5.82 Å². The molecule has 1 fully saturated rings. The number of anilines is 2. The van der Waals surface area contributed by atoms with E-state index in [1.54, 1.807) is 0 Å². The van der Waals surface area contributed by atoms with E-state index in [0.717, 1.165) is 55.9 Å². The zero-order chi connectivity index (χ0) is 19.9. The number of hydrogen-bond donors (Lipinski definition) is 2. The summed E-state index contributed by atoms with van der Waals surface area (Å²) in [5, 5.41) is 7.22. The fourth-order valence-corrected chi connectivity index (χ4v) is 3.52. The number of carbonyl (C=O) groups excluding carboxylic acids is 1. The summed E-state index contributed by atoms with van der Waals surface area (Å²) >= 11 is 0. The Hall–Kier alpha value is -2.96. The zero-order valence-electron chi connectivity index (χ0n) is 16.4. The molecule has 0 spiro atoms. The third kappa shape index (κ3) is 5.10. The van der Waals surface area contributed by atoms with Crippen molar-refractivity contribution in [1.29, 1.82) is 0 Å². The lowest BCUT2D eigenvalue weighted by atomic mass is 10.1. The van der Waals surface area contributed by atoms with Crippen LogP contribution in [0.2, 0.25) is 0 Å². The van der Waals surface area contributed by atoms with Crippen molar-refractivity contribution in [3.05, 3.63) is 66.2 Å². The first-order chi connectivity index (χ1) is 14.3. The van der Waals surface area contributed by atoms with Gasteiger partial charge in [-0.25, -0.2) is 4.98 Å². The van der Waals surface area contributed by atoms with Crippen LogP contribution in [-0.4, -0.2) is 55.2 Å². The second kappa shape index (κ2) is 9.49. The van der Waals surface area contributed by atoms with Gasteiger partial charge in [0, 0.05) is 30.7 Å². The van der Waals surface area contributed by atoms with Crippen molar-refractivity contribution in [2.24, 2.45) is 0 Å². The highest BCUT2D eigenvalue weighted by molar-refractivity contribution is 6.07. The van der Waals surface area contributed by atoms with E-state index in [-0.39, 0.29) is 5.91 Å². The van der Waals surface area contributed by atoms with E-state index < -0.39 is 0 Å². The van der Waals surface area contributed by atoms with Gasteiger partial charge in [0.2, 0.25) is 0 Å². The van der Waals surface area contributed by atoms with Gasteiger partial charge in [-0.1, -0.05) is 36.4 Å². The standard InChI is InChI=1S/C23H26N4O2/c28-23(24-11-6-12-27-13-15-29-16-14-27)20-17-22(25-18-7-2-1-3-8-18)26-21-10-5-4-9-19(20)21/h1-5,7-10,17H,6,11-16H2,(H,24,28)(H,25,26). The summed E-state index contributed by atoms with van der Waals surface area (Å²) in [7, 11) is 0. The van der Waals surface area contributed by atoms with Crippen LogP contribution in [0.15, 0.2) is 60.7 Å². The van der Waals surface area contributed by atoms with Gasteiger partial charge in [-0.2, -0.15) is 0 Å². The lowest BCUT2D eigenvalue weighted by Gasteiger charge is -2.26. The number of hydrogen-bond acceptors (Lipinski definition) is 5. The molecule has 2 aromatic carbocycles. The number of rotatable bonds is 7. The molecule has 0 bridgehead atoms. The maximum atomic E-state index is 12.9. The summed E-state index contributed by atoms with van der Waals surface area (Å²) in [6.45, 7) is 5.16. The molecule has 1 saturated heterocycles. The van der Waals surface area contributed by atoms with Gasteiger partial charge in [-0.05, 0) is 37.2 Å². The van der Waals surface area contributed by atoms with Crippen LogP contribution in [0.25, 0.3) is 10.9 Å². The Kier molecular flexibility index (Phi) is 6.34. The maximum absolute atomic E-state index is 12.9. The first-order valence-electron chi connectivity index (χ1n) is 10.1. The van der Waals surface area contributed by atoms with Crippen molar-refractivity contribution >= 4 is 28.3 Å². The molecule has 6 nitrogen and oxygen atoms in total. The average Bonchev–Trinajstić information content (AvgIpc) is 2.77. The molecule has 0 radical (unpaired) electrons. The molecule has 29 heavy (non-hydrogen) atoms. The van der Waals surface area contributed by atoms with Gasteiger partial charge in [0.25, 0.3) is 5.91 Å². The molecule has 0 unspecified atom stereocenters. The number of nitrogens with zero attached hydrogens (tertiary/aromatic N) is 2. The molecule has 4 rings (SSSR count). The minimum absolute atomic E-state index is 0.0679. The van der Waals surface area contributed by atoms with E-state index in [2.05, 4.69) is 20.5 Å². The molecule has 0 saturated carbocycles. The van der Waals surface area contributed by atoms with Crippen LogP contribution < -0.4 is 10.6 Å². The molecule has 1 aliphatic heterocycles. The molecule has 6 heteroatoms. The smallest absolute Gasteiger partial charge is 0.252 e. The number of amides is 1. The molecule has 2 heterocycles. The Morgan fingerprint density at radius 3 is 2.62 bits per heavy atom. The van der Waals surface area contributed by atoms with Gasteiger partial charge < -0.3 is 15.4 Å². The van der Waals surface area contributed by atoms with Crippen LogP contribution in [0.5, 0.6) is 0 Å². The summed E-state index contributed by atoms with van der Waals surface area (Å²) in [4.78, 5) is 20.0. The number of morpholine rings is 1. The molecule has 1 amide bonds. The third-order valence-corrected chi connectivity index (χ3v) is 5.05. The predicted octanol–water partition coefficient (Wildman–Crippen LogP) is 3.43. The first kappa shape index (κ1) is 19.4. The lowest BCUT2D eigenvalue weighted by molar-refractivity contribution is 0.0374. The van der Waals surface area contributed by atoms with Crippen molar-refractivity contribution in [3.8, 4) is 0 Å². The Morgan fingerprint density at radius 1 is 1.03 bits per heavy atom. The van der Waals surface area contributed by atoms with Crippen molar-refractivity contribution in [2.75, 3.05) is 44.7 Å². The molecule has 0 aliphatic carbocycles. The van der Waals surface area contributed by atoms with Crippen LogP contribution in [0.1, 0.15) is 16.8 Å². The van der Waals surface area contributed by atoms with Gasteiger partial charge in [0.05, 0.1) is 24.3 Å². The average molecular weight is 390 g/mol. The highest BCUT2D eigenvalue weighted by atomic mass is 16.5. The highest BCUT2D eigenvalue weighted by Gasteiger charge is 2.14. The second-order valence-electron chi connectivity index (χ2n) is 7.13. The summed E-state index contributed by atoms with van der Waals surface area (Å²) in [5.41, 5.74) is 2.37. The number of nitrogens with one attached hydrogen (secondary N) is 2. The van der Waals surface area contributed by atoms with Crippen molar-refractivity contribution in [3.63, 3.8) is 0 Å². The summed E-state index contributed by atoms with van der Waals surface area (Å²) < 4.78 is 5.37. The van der Waals surface area contributed by atoms with E-state index >= 15 is 0 Å². The first-order valence-corrected chi connectivity index (χ1v) is 10.1. The lowest BCUT2D eigenvalue weighted by Crippen LogP contribution is -2.38. The third-order valence-electron chi connectivity index (χ3n) is 5.05. The number of carbonyl (C=O) groups is 1. The highest BCUT2D eigenvalue weighted by Crippen LogP contribution is 2.23. The summed E-state index contributed by atoms with van der Waals surface area (Å²) in [6, 6.07) is 19.4. The van der Waals surface area contributed by atoms with E-state index in [9.17, 15) is 4.79 Å². The number of benzene rings is 2. The molecule has 2 N–H and O–H groups in total. The maximum Gasteiger partial charge on any atom is 0.252 e. The van der Waals surface area contributed by atoms with Crippen LogP contribution in [0.4, 0.5) is 11.5 Å². The zero-order valence-corrected chi connectivity index (χ0v) is 16.4. The number of para-hydroxylation sites is 2. The van der Waals surface area contributed by atoms with Crippen LogP contribution >= 0.6 is 0 Å². The SMILES string of the molecule is O=C(NCCCN1CCOCC1)c1cc(Nc2ccccc2)nc2ccccc12. The molecule has 0 atom stereocenters. The quantitative estimate of drug-likeness (QED) is 0.605. The molecule has 1 aliphatic rings. The second-order valence-corrected chi connectivity index (χ2v) is 7.13. The van der Waals surface area contributed by atoms with Crippen molar-refractivity contribution in [2.45, 2.75) is 6.42 Å². The Morgan fingerprint density at radius 2 is 1.79 bits per heavy atom. The van der Waals surface area contributed by atoms with Gasteiger partial charge in [-0.15, -0.1) is 0 Å². The summed E-state index contributed by atoms with van der Waals surface area (Å²) in [5.74, 6) is 0.593. The Bertz CT molecular complexity index is 956. The van der Waals surface area contributed by atoms with E-state index in [4.69, 9.17) is 4.74 Å². The molecular formula is C23H26N4O2. The molecule has 3 aromatic rings. The minimum atomic E-state index is -0.0679. The molecule has 1 aromatic heterocycles. The van der Waals surface area contributed by atoms with E-state index in [0.29, 0.717) is 17.9 Å². The number of fused-ring (bicyclic) bond motifs is 1. The topological polar surface area (TPSA) is 66.5 Å². The van der Waals surface area contributed by atoms with Crippen LogP contribution in [0.3, 0.4) is 0 Å². The van der Waals surface area contributed by atoms with Crippen LogP contribution in [0, 0.1) is 0 Å². The fraction of sp³-hybridized carbons (Fsp3) is 0.304. The minimum Gasteiger partial charge on any atom is -0.379 e. The van der Waals surface area contributed by atoms with Crippen molar-refractivity contribution in [1.82, 2.24) is 15.2 Å². The van der Waals surface area contributed by atoms with Crippen molar-refractivity contribution < 1.29 is 9.53 Å². The summed E-state index contributed by atoms with van der Waals surface area (Å²) in [6.07, 6.45) is 0.921. The number of ether oxygens (including phenoxy) is 1. The van der Waals surface area contributed by atoms with E-state index in [1.807, 2.05) is 60.7 Å². The molecule has 150 valence electrons. The molecular weight excluding hydrogens is 364 g/mol. The monoisotopic (exact) mass is 390 g/mol. The Balaban J connectivity index is 1.45. The number of pyridine rings is 1. The van der Waals surface area contributed by atoms with Crippen LogP contribution in [-0.2, 0) is 4.74 Å². The fourth-order valence-electron chi connectivity index (χ4n) is 3.52. The Labute approximate surface area is 170 Å². The largest absolute Gasteiger partial charge is 0.379 e. The van der Waals surface area contributed by atoms with Gasteiger partial charge in [0.15, 0.2) is 0 Å². The van der Waals surface area contributed by atoms with Gasteiger partial charge >= 0.3 is 0 Å². The predicted molar refractivity (Wildman–Crippen MR) is 116 cm³/mol. The van der Waals surface area contributed by atoms with Gasteiger partial charge in [-0.3, -0.25) is 9.69 Å².